The van der Waals surface area contributed by atoms with Gasteiger partial charge >= 0.3 is 0 Å². The van der Waals surface area contributed by atoms with Crippen molar-refractivity contribution in [1.82, 2.24) is 9.80 Å². The minimum atomic E-state index is -0.941. The summed E-state index contributed by atoms with van der Waals surface area (Å²) in [6.07, 6.45) is 11.5. The molecule has 3 aliphatic carbocycles. The number of hydrogen-bond acceptors (Lipinski definition) is 6. The summed E-state index contributed by atoms with van der Waals surface area (Å²) < 4.78 is 11.7. The van der Waals surface area contributed by atoms with Crippen LogP contribution in [-0.2, 0) is 16.6 Å². The second-order valence-electron chi connectivity index (χ2n) is 11.2. The van der Waals surface area contributed by atoms with Crippen LogP contribution in [-0.4, -0.2) is 69.8 Å². The number of benzene rings is 1. The van der Waals surface area contributed by atoms with Crippen LogP contribution in [0.1, 0.15) is 48.8 Å². The number of ether oxygens (including phenoxy) is 1. The van der Waals surface area contributed by atoms with Crippen LogP contribution in [0.5, 0.6) is 11.5 Å². The molecule has 1 aromatic carbocycles. The highest BCUT2D eigenvalue weighted by atomic mass is 35.5. The summed E-state index contributed by atoms with van der Waals surface area (Å²) in [6, 6.07) is 5.38. The lowest BCUT2D eigenvalue weighted by Gasteiger charge is -2.64. The average molecular weight is 513 g/mol. The summed E-state index contributed by atoms with van der Waals surface area (Å²) in [7, 11) is 1.82. The third-order valence-corrected chi connectivity index (χ3v) is 9.54. The van der Waals surface area contributed by atoms with Crippen LogP contribution in [0.4, 0.5) is 0 Å². The maximum atomic E-state index is 13.2. The Morgan fingerprint density at radius 2 is 2.08 bits per heavy atom. The quantitative estimate of drug-likeness (QED) is 0.596. The van der Waals surface area contributed by atoms with Crippen LogP contribution in [0.3, 0.4) is 0 Å². The van der Waals surface area contributed by atoms with Crippen molar-refractivity contribution in [2.45, 2.75) is 67.7 Å². The highest BCUT2D eigenvalue weighted by Gasteiger charge is 2.73. The number of phenolic OH excluding ortho intramolecular Hbond substituents is 1. The number of carbonyl (C=O) groups excluding carboxylic acids is 1. The van der Waals surface area contributed by atoms with Gasteiger partial charge in [-0.3, -0.25) is 9.69 Å². The molecule has 5 atom stereocenters. The molecule has 36 heavy (non-hydrogen) atoms. The lowest BCUT2D eigenvalue weighted by atomic mass is 9.48. The molecule has 1 saturated heterocycles. The largest absolute Gasteiger partial charge is 0.504 e. The van der Waals surface area contributed by atoms with Crippen LogP contribution in [0.25, 0.3) is 6.08 Å². The van der Waals surface area contributed by atoms with Crippen LogP contribution < -0.4 is 4.74 Å². The molecular formula is C28H33ClN2O5. The molecule has 2 saturated carbocycles. The molecule has 2 bridgehead atoms. The summed E-state index contributed by atoms with van der Waals surface area (Å²) in [5, 5.41) is 23.3. The van der Waals surface area contributed by atoms with E-state index >= 15 is 0 Å². The van der Waals surface area contributed by atoms with Gasteiger partial charge in [0.05, 0.1) is 29.6 Å². The molecule has 3 heterocycles. The number of likely N-dealkylation sites (N-methyl/N-ethyl adjacent to an activating group) is 1. The lowest BCUT2D eigenvalue weighted by molar-refractivity contribution is -0.200. The Kier molecular flexibility index (Phi) is 5.49. The Morgan fingerprint density at radius 1 is 1.25 bits per heavy atom. The Morgan fingerprint density at radius 3 is 2.83 bits per heavy atom. The van der Waals surface area contributed by atoms with Gasteiger partial charge in [-0.15, -0.1) is 12.4 Å². The molecule has 1 amide bonds. The van der Waals surface area contributed by atoms with Crippen LogP contribution >= 0.6 is 12.4 Å². The van der Waals surface area contributed by atoms with Crippen molar-refractivity contribution in [1.29, 1.82) is 0 Å². The number of likely N-dealkylation sites (tertiary alicyclic amines) is 1. The zero-order valence-corrected chi connectivity index (χ0v) is 21.2. The molecule has 2 aromatic rings. The van der Waals surface area contributed by atoms with Gasteiger partial charge in [-0.2, -0.15) is 0 Å². The van der Waals surface area contributed by atoms with E-state index in [9.17, 15) is 15.0 Å². The number of nitrogens with zero attached hydrogens (tertiary/aromatic N) is 2. The number of hydrogen-bond donors (Lipinski definition) is 2. The van der Waals surface area contributed by atoms with Gasteiger partial charge in [0.2, 0.25) is 5.91 Å². The second kappa shape index (κ2) is 8.27. The number of piperidine rings is 1. The summed E-state index contributed by atoms with van der Waals surface area (Å²) in [4.78, 5) is 17.5. The van der Waals surface area contributed by atoms with Crippen molar-refractivity contribution in [2.24, 2.45) is 5.92 Å². The third kappa shape index (κ3) is 3.15. The minimum absolute atomic E-state index is 0. The van der Waals surface area contributed by atoms with E-state index in [1.54, 1.807) is 35.6 Å². The first-order chi connectivity index (χ1) is 16.9. The van der Waals surface area contributed by atoms with Gasteiger partial charge in [0.1, 0.15) is 6.10 Å². The second-order valence-corrected chi connectivity index (χ2v) is 11.2. The number of aliphatic hydroxyl groups is 1. The smallest absolute Gasteiger partial charge is 0.246 e. The van der Waals surface area contributed by atoms with Crippen molar-refractivity contribution in [3.8, 4) is 11.5 Å². The van der Waals surface area contributed by atoms with Crippen molar-refractivity contribution >= 4 is 24.4 Å². The van der Waals surface area contributed by atoms with E-state index < -0.39 is 17.1 Å². The molecule has 192 valence electrons. The molecule has 2 aliphatic heterocycles. The van der Waals surface area contributed by atoms with Crippen LogP contribution in [0, 0.1) is 5.92 Å². The predicted molar refractivity (Wildman–Crippen MR) is 136 cm³/mol. The van der Waals surface area contributed by atoms with Crippen molar-refractivity contribution < 1.29 is 24.2 Å². The number of carbonyl (C=O) groups is 1. The van der Waals surface area contributed by atoms with E-state index in [4.69, 9.17) is 9.15 Å². The van der Waals surface area contributed by atoms with Crippen molar-refractivity contribution in [3.63, 3.8) is 0 Å². The molecule has 8 heteroatoms. The van der Waals surface area contributed by atoms with Crippen LogP contribution in [0.2, 0.25) is 0 Å². The predicted octanol–water partition coefficient (Wildman–Crippen LogP) is 3.51. The lowest BCUT2D eigenvalue weighted by Crippen LogP contribution is -2.78. The maximum absolute atomic E-state index is 13.2. The van der Waals surface area contributed by atoms with Gasteiger partial charge in [-0.25, -0.2) is 0 Å². The topological polar surface area (TPSA) is 86.4 Å². The number of amides is 1. The maximum Gasteiger partial charge on any atom is 0.246 e. The van der Waals surface area contributed by atoms with Crippen molar-refractivity contribution in [3.05, 3.63) is 53.5 Å². The molecule has 5 aliphatic rings. The fourth-order valence-electron chi connectivity index (χ4n) is 7.67. The van der Waals surface area contributed by atoms with E-state index in [2.05, 4.69) is 4.90 Å². The highest BCUT2D eigenvalue weighted by Crippen LogP contribution is 2.66. The van der Waals surface area contributed by atoms with Gasteiger partial charge in [0.15, 0.2) is 11.5 Å². The summed E-state index contributed by atoms with van der Waals surface area (Å²) >= 11 is 0. The molecule has 2 N–H and O–H groups in total. The molecule has 3 fully saturated rings. The van der Waals surface area contributed by atoms with Gasteiger partial charge in [-0.1, -0.05) is 6.07 Å². The first kappa shape index (κ1) is 23.9. The minimum Gasteiger partial charge on any atom is -0.504 e. The number of rotatable bonds is 5. The molecule has 1 unspecified atom stereocenters. The SMILES string of the molecule is CN(C(=O)/C=C/c1ccoc1)[C@@H]1CC[C@@]2(O)[C@@H]3Cc4ccc(O)c5c4C2(CCN3CC2CC2)[C@H]1O5.Cl. The fourth-order valence-corrected chi connectivity index (χ4v) is 7.67. The Hall–Kier alpha value is -2.48. The van der Waals surface area contributed by atoms with Crippen molar-refractivity contribution in [2.75, 3.05) is 20.1 Å². The zero-order chi connectivity index (χ0) is 23.9. The molecule has 1 spiro atoms. The van der Waals surface area contributed by atoms with E-state index in [1.807, 2.05) is 19.2 Å². The summed E-state index contributed by atoms with van der Waals surface area (Å²) in [5.41, 5.74) is 1.44. The Bertz CT molecular complexity index is 1210. The highest BCUT2D eigenvalue weighted by molar-refractivity contribution is 5.92. The zero-order valence-electron chi connectivity index (χ0n) is 20.4. The van der Waals surface area contributed by atoms with E-state index in [0.29, 0.717) is 18.6 Å². The number of halogens is 1. The van der Waals surface area contributed by atoms with Gasteiger partial charge < -0.3 is 24.3 Å². The molecule has 7 rings (SSSR count). The summed E-state index contributed by atoms with van der Waals surface area (Å²) in [5.74, 6) is 1.28. The van der Waals surface area contributed by atoms with E-state index in [1.165, 1.54) is 18.4 Å². The molecular weight excluding hydrogens is 480 g/mol. The van der Waals surface area contributed by atoms with E-state index in [-0.39, 0.29) is 36.1 Å². The van der Waals surface area contributed by atoms with Gasteiger partial charge in [0.25, 0.3) is 0 Å². The fraction of sp³-hybridized carbons (Fsp3) is 0.536. The van der Waals surface area contributed by atoms with Gasteiger partial charge in [0, 0.05) is 36.8 Å². The number of phenols is 1. The van der Waals surface area contributed by atoms with Gasteiger partial charge in [-0.05, 0) is 74.8 Å². The molecule has 1 aromatic heterocycles. The monoisotopic (exact) mass is 512 g/mol. The first-order valence-electron chi connectivity index (χ1n) is 12.9. The van der Waals surface area contributed by atoms with E-state index in [0.717, 1.165) is 43.0 Å². The molecule has 0 radical (unpaired) electrons. The third-order valence-electron chi connectivity index (χ3n) is 9.54. The summed E-state index contributed by atoms with van der Waals surface area (Å²) in [6.45, 7) is 1.96. The Labute approximate surface area is 217 Å². The number of furan rings is 1. The normalized spacial score (nSPS) is 34.1. The average Bonchev–Trinajstić information content (AvgIpc) is 3.36. The Balaban J connectivity index is 0.00000240. The standard InChI is InChI=1S/C28H32N2O5.ClH/c1-29(23(32)7-4-18-9-13-34-16-18)20-8-10-28(33)22-14-19-5-6-21(31)25-24(19)27(28,26(20)35-25)11-12-30(22)15-17-2-3-17;/h4-7,9,13,16-17,20,22,26,31,33H,2-3,8,10-12,14-15H2,1H3;1H/b7-4+;/t20-,22+,26+,27?,28-;/m1./s1. The first-order valence-corrected chi connectivity index (χ1v) is 12.9. The van der Waals surface area contributed by atoms with Crippen LogP contribution in [0.15, 0.2) is 41.2 Å². The number of aromatic hydroxyl groups is 1. The molecule has 7 nitrogen and oxygen atoms in total.